The number of fused-ring (bicyclic) bond motifs is 1. The summed E-state index contributed by atoms with van der Waals surface area (Å²) in [6.45, 7) is 8.05. The summed E-state index contributed by atoms with van der Waals surface area (Å²) in [5.41, 5.74) is 7.33. The van der Waals surface area contributed by atoms with Crippen LogP contribution in [0.25, 0.3) is 11.4 Å². The number of anilines is 1. The molecular weight excluding hydrogens is 460 g/mol. The van der Waals surface area contributed by atoms with Crippen LogP contribution in [0.3, 0.4) is 0 Å². The Balaban J connectivity index is 1.49. The Morgan fingerprint density at radius 3 is 2.32 bits per heavy atom. The molecule has 0 atom stereocenters. The minimum Gasteiger partial charge on any atom is -0.324 e. The van der Waals surface area contributed by atoms with Crippen LogP contribution < -0.4 is 10.9 Å². The van der Waals surface area contributed by atoms with Crippen LogP contribution in [-0.2, 0) is 30.8 Å². The molecule has 0 saturated heterocycles. The van der Waals surface area contributed by atoms with Crippen molar-refractivity contribution in [2.24, 2.45) is 0 Å². The predicted molar refractivity (Wildman–Crippen MR) is 147 cm³/mol. The smallest absolute Gasteiger partial charge is 0.257 e. The first-order valence-electron chi connectivity index (χ1n) is 12.7. The molecule has 0 saturated carbocycles. The molecule has 6 heteroatoms. The topological polar surface area (TPSA) is 67.2 Å². The van der Waals surface area contributed by atoms with Crippen molar-refractivity contribution in [3.8, 4) is 11.4 Å². The van der Waals surface area contributed by atoms with Crippen molar-refractivity contribution >= 4 is 11.6 Å². The monoisotopic (exact) mass is 492 g/mol. The molecule has 0 unspecified atom stereocenters. The fraction of sp³-hybridized carbons (Fsp3) is 0.258. The second-order valence-corrected chi connectivity index (χ2v) is 9.88. The zero-order valence-electron chi connectivity index (χ0n) is 21.6. The predicted octanol–water partition coefficient (Wildman–Crippen LogP) is 5.03. The van der Waals surface area contributed by atoms with Crippen LogP contribution in [0.1, 0.15) is 33.5 Å². The van der Waals surface area contributed by atoms with E-state index in [2.05, 4.69) is 22.3 Å². The maximum atomic E-state index is 13.8. The third-order valence-corrected chi connectivity index (χ3v) is 7.01. The van der Waals surface area contributed by atoms with Gasteiger partial charge in [-0.3, -0.25) is 19.1 Å². The lowest BCUT2D eigenvalue weighted by Gasteiger charge is -2.29. The SMILES string of the molecule is Cc1ccc(-c2nc3c(c(=O)n2CC(=O)Nc2c(C)cccc2C)CCN(Cc2ccccc2)C3)cc1. The van der Waals surface area contributed by atoms with Crippen molar-refractivity contribution in [2.75, 3.05) is 11.9 Å². The van der Waals surface area contributed by atoms with Crippen molar-refractivity contribution in [2.45, 2.75) is 46.8 Å². The first kappa shape index (κ1) is 24.7. The summed E-state index contributed by atoms with van der Waals surface area (Å²) in [7, 11) is 0. The lowest BCUT2D eigenvalue weighted by Crippen LogP contribution is -2.39. The minimum absolute atomic E-state index is 0.0934. The number of nitrogens with one attached hydrogen (secondary N) is 1. The average molecular weight is 493 g/mol. The highest BCUT2D eigenvalue weighted by atomic mass is 16.2. The van der Waals surface area contributed by atoms with E-state index in [1.807, 2.05) is 81.4 Å². The molecule has 0 fully saturated rings. The number of para-hydroxylation sites is 1. The molecule has 5 rings (SSSR count). The van der Waals surface area contributed by atoms with Gasteiger partial charge in [0.05, 0.1) is 5.69 Å². The van der Waals surface area contributed by atoms with Gasteiger partial charge in [-0.1, -0.05) is 78.4 Å². The number of nitrogens with zero attached hydrogens (tertiary/aromatic N) is 3. The molecule has 6 nitrogen and oxygen atoms in total. The van der Waals surface area contributed by atoms with E-state index in [1.165, 1.54) is 5.56 Å². The van der Waals surface area contributed by atoms with Crippen LogP contribution in [0.2, 0.25) is 0 Å². The third-order valence-electron chi connectivity index (χ3n) is 7.01. The van der Waals surface area contributed by atoms with Crippen LogP contribution in [0.5, 0.6) is 0 Å². The molecule has 1 amide bonds. The summed E-state index contributed by atoms with van der Waals surface area (Å²) < 4.78 is 1.54. The lowest BCUT2D eigenvalue weighted by atomic mass is 10.0. The number of amides is 1. The van der Waals surface area contributed by atoms with Crippen molar-refractivity contribution in [3.05, 3.63) is 117 Å². The Kier molecular flexibility index (Phi) is 7.01. The zero-order valence-corrected chi connectivity index (χ0v) is 21.6. The Morgan fingerprint density at radius 2 is 1.62 bits per heavy atom. The molecule has 1 aliphatic rings. The summed E-state index contributed by atoms with van der Waals surface area (Å²) >= 11 is 0. The van der Waals surface area contributed by atoms with E-state index >= 15 is 0 Å². The third kappa shape index (κ3) is 5.39. The number of carbonyl (C=O) groups excluding carboxylic acids is 1. The van der Waals surface area contributed by atoms with E-state index in [9.17, 15) is 9.59 Å². The van der Waals surface area contributed by atoms with Crippen LogP contribution in [0.15, 0.2) is 77.6 Å². The molecule has 4 aromatic rings. The van der Waals surface area contributed by atoms with Crippen LogP contribution in [0.4, 0.5) is 5.69 Å². The molecule has 0 bridgehead atoms. The molecule has 2 heterocycles. The van der Waals surface area contributed by atoms with Gasteiger partial charge in [-0.05, 0) is 43.9 Å². The standard InChI is InChI=1S/C31H32N4O2/c1-21-12-14-25(15-13-21)30-32-27-19-34(18-24-10-5-4-6-11-24)17-16-26(27)31(37)35(30)20-28(36)33-29-22(2)8-7-9-23(29)3/h4-15H,16-20H2,1-3H3,(H,33,36). The van der Waals surface area contributed by atoms with Crippen LogP contribution in [-0.4, -0.2) is 26.9 Å². The average Bonchev–Trinajstić information content (AvgIpc) is 2.89. The highest BCUT2D eigenvalue weighted by Gasteiger charge is 2.25. The van der Waals surface area contributed by atoms with Gasteiger partial charge in [0.25, 0.3) is 5.56 Å². The molecule has 1 N–H and O–H groups in total. The number of hydrogen-bond acceptors (Lipinski definition) is 4. The summed E-state index contributed by atoms with van der Waals surface area (Å²) in [6.07, 6.45) is 0.612. The molecule has 1 aromatic heterocycles. The molecule has 0 radical (unpaired) electrons. The number of aromatic nitrogens is 2. The zero-order chi connectivity index (χ0) is 25.9. The molecule has 37 heavy (non-hydrogen) atoms. The lowest BCUT2D eigenvalue weighted by molar-refractivity contribution is -0.116. The van der Waals surface area contributed by atoms with Gasteiger partial charge in [-0.2, -0.15) is 0 Å². The molecular formula is C31H32N4O2. The van der Waals surface area contributed by atoms with Crippen LogP contribution in [0, 0.1) is 20.8 Å². The number of rotatable bonds is 6. The van der Waals surface area contributed by atoms with Crippen molar-refractivity contribution in [1.82, 2.24) is 14.5 Å². The van der Waals surface area contributed by atoms with E-state index in [1.54, 1.807) is 4.57 Å². The number of benzene rings is 3. The number of aryl methyl sites for hydroxylation is 3. The summed E-state index contributed by atoms with van der Waals surface area (Å²) in [5, 5.41) is 3.02. The highest BCUT2D eigenvalue weighted by Crippen LogP contribution is 2.23. The van der Waals surface area contributed by atoms with E-state index in [0.29, 0.717) is 24.4 Å². The fourth-order valence-corrected chi connectivity index (χ4v) is 4.96. The summed E-state index contributed by atoms with van der Waals surface area (Å²) in [4.78, 5) is 34.3. The Morgan fingerprint density at radius 1 is 0.919 bits per heavy atom. The van der Waals surface area contributed by atoms with Crippen molar-refractivity contribution in [3.63, 3.8) is 0 Å². The molecule has 3 aromatic carbocycles. The minimum atomic E-state index is -0.240. The number of carbonyl (C=O) groups is 1. The normalized spacial score (nSPS) is 13.3. The summed E-state index contributed by atoms with van der Waals surface area (Å²) in [5.74, 6) is 0.290. The van der Waals surface area contributed by atoms with E-state index in [0.717, 1.165) is 46.7 Å². The maximum absolute atomic E-state index is 13.8. The molecule has 188 valence electrons. The Labute approximate surface area is 217 Å². The van der Waals surface area contributed by atoms with Gasteiger partial charge in [0, 0.05) is 36.4 Å². The van der Waals surface area contributed by atoms with Gasteiger partial charge in [-0.25, -0.2) is 4.98 Å². The maximum Gasteiger partial charge on any atom is 0.257 e. The highest BCUT2D eigenvalue weighted by molar-refractivity contribution is 5.92. The van der Waals surface area contributed by atoms with E-state index in [-0.39, 0.29) is 18.0 Å². The van der Waals surface area contributed by atoms with Crippen molar-refractivity contribution in [1.29, 1.82) is 0 Å². The van der Waals surface area contributed by atoms with Gasteiger partial charge in [0.15, 0.2) is 0 Å². The number of hydrogen-bond donors (Lipinski definition) is 1. The molecule has 0 aliphatic carbocycles. The van der Waals surface area contributed by atoms with Gasteiger partial charge in [-0.15, -0.1) is 0 Å². The largest absolute Gasteiger partial charge is 0.324 e. The van der Waals surface area contributed by atoms with Crippen LogP contribution >= 0.6 is 0 Å². The van der Waals surface area contributed by atoms with Gasteiger partial charge < -0.3 is 5.32 Å². The first-order chi connectivity index (χ1) is 17.9. The first-order valence-corrected chi connectivity index (χ1v) is 12.7. The van der Waals surface area contributed by atoms with E-state index < -0.39 is 0 Å². The van der Waals surface area contributed by atoms with Gasteiger partial charge in [0.2, 0.25) is 5.91 Å². The molecule has 0 spiro atoms. The van der Waals surface area contributed by atoms with Gasteiger partial charge in [0.1, 0.15) is 12.4 Å². The Hall–Kier alpha value is -4.03. The van der Waals surface area contributed by atoms with E-state index in [4.69, 9.17) is 4.98 Å². The van der Waals surface area contributed by atoms with Crippen molar-refractivity contribution < 1.29 is 4.79 Å². The van der Waals surface area contributed by atoms with Gasteiger partial charge >= 0.3 is 0 Å². The quantitative estimate of drug-likeness (QED) is 0.410. The summed E-state index contributed by atoms with van der Waals surface area (Å²) in [6, 6.07) is 24.2. The second-order valence-electron chi connectivity index (χ2n) is 9.88. The fourth-order valence-electron chi connectivity index (χ4n) is 4.96. The second kappa shape index (κ2) is 10.5. The Bertz CT molecular complexity index is 1470. The molecule has 1 aliphatic heterocycles.